The molecule has 1 nitrogen and oxygen atoms in total. The van der Waals surface area contributed by atoms with Crippen molar-refractivity contribution in [3.8, 4) is 0 Å². The zero-order valence-electron chi connectivity index (χ0n) is 14.1. The molecule has 0 N–H and O–H groups in total. The van der Waals surface area contributed by atoms with Gasteiger partial charge in [-0.25, -0.2) is 0 Å². The number of hydrogen-bond donors (Lipinski definition) is 0. The highest BCUT2D eigenvalue weighted by Gasteiger charge is 2.40. The second-order valence-corrected chi connectivity index (χ2v) is 7.31. The fourth-order valence-electron chi connectivity index (χ4n) is 4.96. The van der Waals surface area contributed by atoms with Gasteiger partial charge in [0.15, 0.2) is 5.43 Å². The molecule has 0 heterocycles. The third-order valence-corrected chi connectivity index (χ3v) is 5.98. The molecule has 0 amide bonds. The minimum Gasteiger partial charge on any atom is -0.290 e. The minimum atomic E-state index is 0.0571. The Kier molecular flexibility index (Phi) is 2.66. The predicted molar refractivity (Wildman–Crippen MR) is 105 cm³/mol. The average Bonchev–Trinajstić information content (AvgIpc) is 2.86. The van der Waals surface area contributed by atoms with Gasteiger partial charge in [-0.2, -0.15) is 0 Å². The van der Waals surface area contributed by atoms with Crippen molar-refractivity contribution in [1.29, 1.82) is 0 Å². The van der Waals surface area contributed by atoms with E-state index in [4.69, 9.17) is 0 Å². The number of fused-ring (bicyclic) bond motifs is 1. The first-order valence-corrected chi connectivity index (χ1v) is 9.07. The molecule has 0 atom stereocenters. The fourth-order valence-corrected chi connectivity index (χ4v) is 4.96. The van der Waals surface area contributed by atoms with Gasteiger partial charge in [0, 0.05) is 11.8 Å². The second kappa shape index (κ2) is 4.92. The Morgan fingerprint density at radius 2 is 0.962 bits per heavy atom. The van der Waals surface area contributed by atoms with Crippen molar-refractivity contribution in [2.24, 2.45) is 0 Å². The summed E-state index contributed by atoms with van der Waals surface area (Å²) in [4.78, 5) is 12.0. The maximum atomic E-state index is 12.0. The maximum Gasteiger partial charge on any atom is 0.179 e. The van der Waals surface area contributed by atoms with Gasteiger partial charge < -0.3 is 0 Å². The van der Waals surface area contributed by atoms with Crippen LogP contribution in [0.5, 0.6) is 0 Å². The second-order valence-electron chi connectivity index (χ2n) is 7.31. The summed E-state index contributed by atoms with van der Waals surface area (Å²) < 4.78 is 0. The first kappa shape index (κ1) is 14.0. The SMILES string of the molecule is O=c1cccc2cc3c(cc2c1)C1c2ccccc2C3c2ccccc21. The Morgan fingerprint density at radius 1 is 0.462 bits per heavy atom. The van der Waals surface area contributed by atoms with Crippen LogP contribution in [0, 0.1) is 0 Å². The predicted octanol–water partition coefficient (Wildman–Crippen LogP) is 5.19. The van der Waals surface area contributed by atoms with Crippen molar-refractivity contribution in [1.82, 2.24) is 0 Å². The van der Waals surface area contributed by atoms with Gasteiger partial charge in [-0.15, -0.1) is 0 Å². The minimum absolute atomic E-state index is 0.0571. The van der Waals surface area contributed by atoms with E-state index in [1.54, 1.807) is 12.1 Å². The van der Waals surface area contributed by atoms with Crippen molar-refractivity contribution >= 4 is 10.8 Å². The van der Waals surface area contributed by atoms with E-state index in [-0.39, 0.29) is 17.3 Å². The molecule has 0 unspecified atom stereocenters. The van der Waals surface area contributed by atoms with Crippen LogP contribution in [0.2, 0.25) is 0 Å². The molecule has 0 saturated carbocycles. The highest BCUT2D eigenvalue weighted by Crippen LogP contribution is 2.55. The summed E-state index contributed by atoms with van der Waals surface area (Å²) in [5.74, 6) is 0.538. The lowest BCUT2D eigenvalue weighted by Gasteiger charge is -2.42. The Hall–Kier alpha value is -3.19. The molecule has 4 aromatic carbocycles. The molecule has 0 radical (unpaired) electrons. The largest absolute Gasteiger partial charge is 0.290 e. The molecular formula is C25H16O. The molecule has 1 heteroatoms. The average molecular weight is 332 g/mol. The lowest BCUT2D eigenvalue weighted by atomic mass is 9.61. The van der Waals surface area contributed by atoms with Crippen LogP contribution in [0.4, 0.5) is 0 Å². The lowest BCUT2D eigenvalue weighted by Crippen LogP contribution is -2.27. The van der Waals surface area contributed by atoms with Crippen LogP contribution < -0.4 is 5.43 Å². The highest BCUT2D eigenvalue weighted by molar-refractivity contribution is 5.86. The van der Waals surface area contributed by atoms with Crippen LogP contribution in [-0.4, -0.2) is 0 Å². The normalized spacial score (nSPS) is 18.9. The molecule has 0 aromatic heterocycles. The summed E-state index contributed by atoms with van der Waals surface area (Å²) in [7, 11) is 0. The Labute approximate surface area is 151 Å². The molecule has 7 rings (SSSR count). The van der Waals surface area contributed by atoms with E-state index in [1.165, 1.54) is 33.4 Å². The van der Waals surface area contributed by atoms with Gasteiger partial charge in [0.25, 0.3) is 0 Å². The summed E-state index contributed by atoms with van der Waals surface area (Å²) in [5, 5.41) is 2.16. The van der Waals surface area contributed by atoms with E-state index >= 15 is 0 Å². The first-order valence-electron chi connectivity index (χ1n) is 9.07. The number of benzene rings is 3. The summed E-state index contributed by atoms with van der Waals surface area (Å²) in [6.07, 6.45) is 0. The highest BCUT2D eigenvalue weighted by atomic mass is 16.1. The van der Waals surface area contributed by atoms with Crippen LogP contribution in [0.15, 0.2) is 89.7 Å². The Balaban J connectivity index is 1.76. The quantitative estimate of drug-likeness (QED) is 0.374. The van der Waals surface area contributed by atoms with Crippen LogP contribution in [-0.2, 0) is 0 Å². The summed E-state index contributed by atoms with van der Waals surface area (Å²) in [6.45, 7) is 0. The third kappa shape index (κ3) is 1.72. The lowest BCUT2D eigenvalue weighted by molar-refractivity contribution is 0.756. The first-order chi connectivity index (χ1) is 12.8. The Bertz CT molecular complexity index is 1220. The van der Waals surface area contributed by atoms with E-state index < -0.39 is 0 Å². The van der Waals surface area contributed by atoms with Gasteiger partial charge in [0.2, 0.25) is 0 Å². The van der Waals surface area contributed by atoms with Crippen molar-refractivity contribution in [2.45, 2.75) is 11.8 Å². The Morgan fingerprint density at radius 3 is 1.50 bits per heavy atom. The molecule has 2 bridgehead atoms. The molecule has 3 aliphatic rings. The van der Waals surface area contributed by atoms with Gasteiger partial charge >= 0.3 is 0 Å². The van der Waals surface area contributed by atoms with Crippen molar-refractivity contribution in [3.05, 3.63) is 129 Å². The molecule has 3 aliphatic carbocycles. The van der Waals surface area contributed by atoms with E-state index in [0.717, 1.165) is 10.8 Å². The number of rotatable bonds is 0. The van der Waals surface area contributed by atoms with E-state index in [2.05, 4.69) is 66.7 Å². The smallest absolute Gasteiger partial charge is 0.179 e. The van der Waals surface area contributed by atoms with E-state index in [9.17, 15) is 4.79 Å². The van der Waals surface area contributed by atoms with Crippen LogP contribution in [0.3, 0.4) is 0 Å². The molecule has 0 fully saturated rings. The summed E-state index contributed by atoms with van der Waals surface area (Å²) >= 11 is 0. The van der Waals surface area contributed by atoms with Gasteiger partial charge in [-0.05, 0) is 68.4 Å². The third-order valence-electron chi connectivity index (χ3n) is 5.98. The fraction of sp³-hybridized carbons (Fsp3) is 0.0800. The zero-order chi connectivity index (χ0) is 17.3. The van der Waals surface area contributed by atoms with Gasteiger partial charge in [0.1, 0.15) is 0 Å². The van der Waals surface area contributed by atoms with Gasteiger partial charge in [-0.1, -0.05) is 60.7 Å². The monoisotopic (exact) mass is 332 g/mol. The van der Waals surface area contributed by atoms with Crippen LogP contribution in [0.1, 0.15) is 45.2 Å². The number of hydrogen-bond acceptors (Lipinski definition) is 1. The van der Waals surface area contributed by atoms with Gasteiger partial charge in [-0.3, -0.25) is 4.79 Å². The molecule has 0 saturated heterocycles. The summed E-state index contributed by atoms with van der Waals surface area (Å²) in [6, 6.07) is 29.5. The molecular weight excluding hydrogens is 316 g/mol. The molecule has 26 heavy (non-hydrogen) atoms. The standard InChI is InChI=1S/C25H16O/c26-17-7-5-6-15-13-22-23(14-16(15)12-17)25-20-10-3-1-8-18(20)24(22)19-9-2-4-11-21(19)25/h1-14,24-25H. The van der Waals surface area contributed by atoms with Crippen LogP contribution >= 0.6 is 0 Å². The van der Waals surface area contributed by atoms with Crippen molar-refractivity contribution < 1.29 is 0 Å². The maximum absolute atomic E-state index is 12.0. The van der Waals surface area contributed by atoms with Gasteiger partial charge in [0.05, 0.1) is 0 Å². The topological polar surface area (TPSA) is 17.1 Å². The molecule has 0 spiro atoms. The van der Waals surface area contributed by atoms with E-state index in [1.807, 2.05) is 6.07 Å². The van der Waals surface area contributed by atoms with Crippen LogP contribution in [0.25, 0.3) is 10.8 Å². The van der Waals surface area contributed by atoms with Crippen molar-refractivity contribution in [3.63, 3.8) is 0 Å². The molecule has 0 aliphatic heterocycles. The molecule has 122 valence electrons. The van der Waals surface area contributed by atoms with E-state index in [0.29, 0.717) is 0 Å². The summed E-state index contributed by atoms with van der Waals surface area (Å²) in [5.41, 5.74) is 8.46. The van der Waals surface area contributed by atoms with Crippen molar-refractivity contribution in [2.75, 3.05) is 0 Å². The molecule has 4 aromatic rings. The zero-order valence-corrected chi connectivity index (χ0v) is 14.1.